The number of pyridine rings is 1. The van der Waals surface area contributed by atoms with Crippen molar-refractivity contribution in [1.82, 2.24) is 20.9 Å². The van der Waals surface area contributed by atoms with E-state index in [2.05, 4.69) is 128 Å². The Morgan fingerprint density at radius 3 is 1.47 bits per heavy atom. The first-order valence-corrected chi connectivity index (χ1v) is 20.0. The number of nitrogens with one attached hydrogen (secondary N) is 3. The van der Waals surface area contributed by atoms with E-state index in [9.17, 15) is 0 Å². The molecule has 3 aromatic rings. The Hall–Kier alpha value is -2.53. The van der Waals surface area contributed by atoms with Gasteiger partial charge in [-0.05, 0) is 111 Å². The van der Waals surface area contributed by atoms with Crippen molar-refractivity contribution in [3.8, 4) is 0 Å². The molecule has 3 fully saturated rings. The Balaban J connectivity index is 0.000000195. The summed E-state index contributed by atoms with van der Waals surface area (Å²) in [5.41, 5.74) is 3.99. The maximum Gasteiger partial charge on any atom is 0.0416 e. The first kappa shape index (κ1) is 40.9. The molecule has 4 nitrogen and oxygen atoms in total. The van der Waals surface area contributed by atoms with E-state index in [1.807, 2.05) is 26.1 Å². The van der Waals surface area contributed by atoms with Crippen LogP contribution in [0.3, 0.4) is 0 Å². The highest BCUT2D eigenvalue weighted by Gasteiger charge is 2.27. The number of rotatable bonds is 12. The van der Waals surface area contributed by atoms with Crippen molar-refractivity contribution in [2.45, 2.75) is 144 Å². The number of benzene rings is 2. The second-order valence-electron chi connectivity index (χ2n) is 15.4. The van der Waals surface area contributed by atoms with E-state index in [1.54, 1.807) is 0 Å². The van der Waals surface area contributed by atoms with Gasteiger partial charge in [-0.15, -0.1) is 0 Å². The van der Waals surface area contributed by atoms with Gasteiger partial charge in [0.2, 0.25) is 0 Å². The van der Waals surface area contributed by atoms with Gasteiger partial charge in [0.15, 0.2) is 0 Å². The van der Waals surface area contributed by atoms with Crippen LogP contribution in [0.2, 0.25) is 0 Å². The summed E-state index contributed by atoms with van der Waals surface area (Å²) in [6, 6.07) is 29.7. The molecular weight excluding hydrogens is 597 g/mol. The van der Waals surface area contributed by atoms with Crippen molar-refractivity contribution < 1.29 is 0 Å². The molecule has 0 spiro atoms. The zero-order chi connectivity index (χ0) is 35.3. The van der Waals surface area contributed by atoms with Crippen LogP contribution in [-0.2, 0) is 19.5 Å². The fraction of sp³-hybridized carbons (Fsp3) is 0.622. The van der Waals surface area contributed by atoms with Crippen molar-refractivity contribution in [1.29, 1.82) is 0 Å². The zero-order valence-corrected chi connectivity index (χ0v) is 32.3. The van der Waals surface area contributed by atoms with E-state index >= 15 is 0 Å². The maximum absolute atomic E-state index is 4.35. The molecule has 6 rings (SSSR count). The minimum absolute atomic E-state index is 0.742. The molecule has 3 saturated carbocycles. The first-order valence-electron chi connectivity index (χ1n) is 20.0. The number of hydrogen-bond donors (Lipinski definition) is 3. The van der Waals surface area contributed by atoms with Gasteiger partial charge in [-0.2, -0.15) is 0 Å². The van der Waals surface area contributed by atoms with Crippen LogP contribution in [0.4, 0.5) is 0 Å². The van der Waals surface area contributed by atoms with Gasteiger partial charge in [-0.3, -0.25) is 4.98 Å². The smallest absolute Gasteiger partial charge is 0.0416 e. The first-order chi connectivity index (χ1) is 23.9. The standard InChI is InChI=1S/C15H24N2.C15H23N.C13H19N.C2H6/c1-12(2)13-6-7-15(11-13)17-10-8-14-5-3-4-9-16-14;1-12(2)14-8-9-15(10-14)16-11-13-6-4-3-5-7-13;1-11-7-8-13(9-11)14-10-12-5-3-2-4-6-12;1-2/h3-5,9,12-13,15,17H,6-8,10-11H2,1-2H3;3-7,12,14-16H,8-11H2,1-2H3;2-6,11,13-14H,7-10H2,1H3;1-2H3/t13-,15+;14-,15+;11-,13+;/m111./s1. The molecule has 0 unspecified atom stereocenters. The lowest BCUT2D eigenvalue weighted by Crippen LogP contribution is -2.29. The molecule has 3 aliphatic rings. The summed E-state index contributed by atoms with van der Waals surface area (Å²) in [6.07, 6.45) is 15.3. The molecule has 6 atom stereocenters. The normalized spacial score (nSPS) is 24.4. The second-order valence-corrected chi connectivity index (χ2v) is 15.4. The molecule has 49 heavy (non-hydrogen) atoms. The lowest BCUT2D eigenvalue weighted by Gasteiger charge is -2.15. The maximum atomic E-state index is 4.35. The average molecular weight is 669 g/mol. The molecule has 272 valence electrons. The average Bonchev–Trinajstić information content (AvgIpc) is 3.91. The highest BCUT2D eigenvalue weighted by atomic mass is 14.9. The monoisotopic (exact) mass is 669 g/mol. The molecule has 0 aliphatic heterocycles. The van der Waals surface area contributed by atoms with Crippen molar-refractivity contribution in [3.63, 3.8) is 0 Å². The number of aromatic nitrogens is 1. The van der Waals surface area contributed by atoms with E-state index in [4.69, 9.17) is 0 Å². The third-order valence-electron chi connectivity index (χ3n) is 10.9. The predicted octanol–water partition coefficient (Wildman–Crippen LogP) is 10.6. The minimum Gasteiger partial charge on any atom is -0.314 e. The fourth-order valence-corrected chi connectivity index (χ4v) is 7.67. The molecule has 4 heteroatoms. The summed E-state index contributed by atoms with van der Waals surface area (Å²) in [4.78, 5) is 4.35. The van der Waals surface area contributed by atoms with Crippen molar-refractivity contribution >= 4 is 0 Å². The zero-order valence-electron chi connectivity index (χ0n) is 32.3. The van der Waals surface area contributed by atoms with Gasteiger partial charge < -0.3 is 16.0 Å². The molecule has 1 aromatic heterocycles. The van der Waals surface area contributed by atoms with Crippen LogP contribution in [0.1, 0.15) is 123 Å². The number of hydrogen-bond acceptors (Lipinski definition) is 4. The molecule has 0 radical (unpaired) electrons. The minimum atomic E-state index is 0.742. The second kappa shape index (κ2) is 23.8. The van der Waals surface area contributed by atoms with Gasteiger partial charge in [-0.1, -0.05) is 115 Å². The molecule has 0 saturated heterocycles. The topological polar surface area (TPSA) is 49.0 Å². The van der Waals surface area contributed by atoms with Gasteiger partial charge in [0.1, 0.15) is 0 Å². The van der Waals surface area contributed by atoms with Crippen LogP contribution >= 0.6 is 0 Å². The summed E-state index contributed by atoms with van der Waals surface area (Å²) >= 11 is 0. The van der Waals surface area contributed by atoms with E-state index in [-0.39, 0.29) is 0 Å². The Bertz CT molecular complexity index is 1200. The molecule has 3 N–H and O–H groups in total. The summed E-state index contributed by atoms with van der Waals surface area (Å²) in [5, 5.41) is 11.0. The summed E-state index contributed by atoms with van der Waals surface area (Å²) < 4.78 is 0. The van der Waals surface area contributed by atoms with E-state index in [0.717, 1.165) is 73.8 Å². The Labute approximate surface area is 302 Å². The molecule has 1 heterocycles. The molecule has 2 aromatic carbocycles. The van der Waals surface area contributed by atoms with Crippen LogP contribution < -0.4 is 16.0 Å². The van der Waals surface area contributed by atoms with Gasteiger partial charge in [-0.25, -0.2) is 0 Å². The van der Waals surface area contributed by atoms with Crippen LogP contribution in [-0.4, -0.2) is 29.7 Å². The van der Waals surface area contributed by atoms with E-state index in [0.29, 0.717) is 0 Å². The largest absolute Gasteiger partial charge is 0.314 e. The van der Waals surface area contributed by atoms with Gasteiger partial charge >= 0.3 is 0 Å². The summed E-state index contributed by atoms with van der Waals surface area (Å²) in [6.45, 7) is 18.9. The van der Waals surface area contributed by atoms with E-state index < -0.39 is 0 Å². The molecular formula is C45H72N4. The van der Waals surface area contributed by atoms with Crippen LogP contribution in [0.25, 0.3) is 0 Å². The fourth-order valence-electron chi connectivity index (χ4n) is 7.67. The quantitative estimate of drug-likeness (QED) is 0.180. The Morgan fingerprint density at radius 1 is 0.571 bits per heavy atom. The predicted molar refractivity (Wildman–Crippen MR) is 213 cm³/mol. The number of nitrogens with zero attached hydrogens (tertiary/aromatic N) is 1. The molecule has 0 amide bonds. The lowest BCUT2D eigenvalue weighted by atomic mass is 9.94. The van der Waals surface area contributed by atoms with Crippen molar-refractivity contribution in [2.24, 2.45) is 29.6 Å². The van der Waals surface area contributed by atoms with Crippen molar-refractivity contribution in [2.75, 3.05) is 6.54 Å². The molecule has 0 bridgehead atoms. The van der Waals surface area contributed by atoms with Crippen LogP contribution in [0.5, 0.6) is 0 Å². The third kappa shape index (κ3) is 16.4. The van der Waals surface area contributed by atoms with Crippen molar-refractivity contribution in [3.05, 3.63) is 102 Å². The Morgan fingerprint density at radius 2 is 1.04 bits per heavy atom. The highest BCUT2D eigenvalue weighted by molar-refractivity contribution is 5.15. The van der Waals surface area contributed by atoms with Gasteiger partial charge in [0.25, 0.3) is 0 Å². The molecule has 3 aliphatic carbocycles. The van der Waals surface area contributed by atoms with Crippen LogP contribution in [0, 0.1) is 29.6 Å². The summed E-state index contributed by atoms with van der Waals surface area (Å²) in [7, 11) is 0. The van der Waals surface area contributed by atoms with Crippen LogP contribution in [0.15, 0.2) is 85.1 Å². The lowest BCUT2D eigenvalue weighted by molar-refractivity contribution is 0.381. The Kier molecular flexibility index (Phi) is 19.9. The SMILES string of the molecule is CC.CC(C)[C@@H]1CC[C@H](NCCc2ccccn2)C1.CC(C)[C@@H]1CC[C@H](NCc2ccccc2)C1.C[C@@H]1CC[C@H](NCc2ccccc2)C1. The highest BCUT2D eigenvalue weighted by Crippen LogP contribution is 2.32. The van der Waals surface area contributed by atoms with Gasteiger partial charge in [0.05, 0.1) is 0 Å². The third-order valence-corrected chi connectivity index (χ3v) is 10.9. The summed E-state index contributed by atoms with van der Waals surface area (Å²) in [5.74, 6) is 4.49. The van der Waals surface area contributed by atoms with Gasteiger partial charge in [0, 0.05) is 56.1 Å². The van der Waals surface area contributed by atoms with E-state index in [1.165, 1.54) is 74.6 Å².